The molecular formula is C15H29Cl. The van der Waals surface area contributed by atoms with Crippen molar-refractivity contribution in [3.05, 3.63) is 0 Å². The molecular weight excluding hydrogens is 216 g/mol. The van der Waals surface area contributed by atoms with Gasteiger partial charge in [0.15, 0.2) is 0 Å². The van der Waals surface area contributed by atoms with Gasteiger partial charge < -0.3 is 0 Å². The lowest BCUT2D eigenvalue weighted by Gasteiger charge is -2.47. The average molecular weight is 245 g/mol. The Bertz CT molecular complexity index is 202. The molecule has 0 bridgehead atoms. The molecule has 0 aromatic rings. The quantitative estimate of drug-likeness (QED) is 0.550. The molecule has 0 heterocycles. The molecule has 0 nitrogen and oxygen atoms in total. The molecule has 0 aliphatic heterocycles. The summed E-state index contributed by atoms with van der Waals surface area (Å²) in [5.74, 6) is 1.77. The van der Waals surface area contributed by atoms with Gasteiger partial charge in [0, 0.05) is 5.38 Å². The number of alkyl halides is 1. The first-order chi connectivity index (χ1) is 7.54. The molecule has 0 amide bonds. The van der Waals surface area contributed by atoms with Gasteiger partial charge in [-0.15, -0.1) is 11.6 Å². The molecule has 4 atom stereocenters. The highest BCUT2D eigenvalue weighted by Crippen LogP contribution is 2.50. The van der Waals surface area contributed by atoms with E-state index in [4.69, 9.17) is 11.6 Å². The minimum Gasteiger partial charge on any atom is -0.122 e. The largest absolute Gasteiger partial charge is 0.122 e. The Labute approximate surface area is 107 Å². The molecule has 16 heavy (non-hydrogen) atoms. The Hall–Kier alpha value is 0.290. The van der Waals surface area contributed by atoms with Gasteiger partial charge >= 0.3 is 0 Å². The number of rotatable bonds is 5. The normalized spacial score (nSPS) is 37.3. The summed E-state index contributed by atoms with van der Waals surface area (Å²) >= 11 is 6.68. The van der Waals surface area contributed by atoms with Crippen molar-refractivity contribution in [2.24, 2.45) is 17.3 Å². The maximum absolute atomic E-state index is 6.68. The molecule has 0 N–H and O–H groups in total. The van der Waals surface area contributed by atoms with Crippen LogP contribution in [0.25, 0.3) is 0 Å². The van der Waals surface area contributed by atoms with Crippen molar-refractivity contribution < 1.29 is 0 Å². The monoisotopic (exact) mass is 244 g/mol. The number of hydrogen-bond donors (Lipinski definition) is 0. The van der Waals surface area contributed by atoms with E-state index in [1.807, 2.05) is 0 Å². The van der Waals surface area contributed by atoms with Gasteiger partial charge in [0.1, 0.15) is 0 Å². The molecule has 0 radical (unpaired) electrons. The highest BCUT2D eigenvalue weighted by atomic mass is 35.5. The summed E-state index contributed by atoms with van der Waals surface area (Å²) in [6.07, 6.45) is 9.20. The smallest absolute Gasteiger partial charge is 0.0392 e. The lowest BCUT2D eigenvalue weighted by atomic mass is 9.61. The van der Waals surface area contributed by atoms with Crippen LogP contribution in [0.15, 0.2) is 0 Å². The van der Waals surface area contributed by atoms with Crippen molar-refractivity contribution in [1.29, 1.82) is 0 Å². The molecule has 1 fully saturated rings. The van der Waals surface area contributed by atoms with Crippen LogP contribution in [-0.2, 0) is 0 Å². The highest BCUT2D eigenvalue weighted by molar-refractivity contribution is 6.21. The van der Waals surface area contributed by atoms with E-state index in [0.29, 0.717) is 10.8 Å². The SMILES string of the molecule is CCCC(Cl)C1(C)CCC(C)CC1CCC. The standard InChI is InChI=1S/C15H29Cl/c1-5-7-13-11-12(3)9-10-15(13,4)14(16)8-6-2/h12-14H,5-11H2,1-4H3. The van der Waals surface area contributed by atoms with Crippen LogP contribution in [0.2, 0.25) is 0 Å². The first-order valence-corrected chi connectivity index (χ1v) is 7.62. The Balaban J connectivity index is 2.72. The van der Waals surface area contributed by atoms with Crippen LogP contribution in [0.5, 0.6) is 0 Å². The molecule has 1 rings (SSSR count). The van der Waals surface area contributed by atoms with Crippen LogP contribution in [0.4, 0.5) is 0 Å². The maximum atomic E-state index is 6.68. The predicted octanol–water partition coefficient (Wildman–Crippen LogP) is 5.64. The first kappa shape index (κ1) is 14.4. The predicted molar refractivity (Wildman–Crippen MR) is 74.1 cm³/mol. The van der Waals surface area contributed by atoms with Crippen LogP contribution in [0, 0.1) is 17.3 Å². The Morgan fingerprint density at radius 2 is 2.00 bits per heavy atom. The van der Waals surface area contributed by atoms with E-state index in [1.165, 1.54) is 44.9 Å². The van der Waals surface area contributed by atoms with Crippen LogP contribution in [0.3, 0.4) is 0 Å². The van der Waals surface area contributed by atoms with Gasteiger partial charge in [0.25, 0.3) is 0 Å². The van der Waals surface area contributed by atoms with E-state index >= 15 is 0 Å². The number of hydrogen-bond acceptors (Lipinski definition) is 0. The van der Waals surface area contributed by atoms with E-state index in [0.717, 1.165) is 11.8 Å². The summed E-state index contributed by atoms with van der Waals surface area (Å²) in [4.78, 5) is 0. The van der Waals surface area contributed by atoms with Gasteiger partial charge in [0.2, 0.25) is 0 Å². The zero-order valence-electron chi connectivity index (χ0n) is 11.6. The molecule has 1 aliphatic carbocycles. The average Bonchev–Trinajstić information content (AvgIpc) is 2.24. The van der Waals surface area contributed by atoms with Crippen molar-refractivity contribution in [2.75, 3.05) is 0 Å². The van der Waals surface area contributed by atoms with Gasteiger partial charge in [0.05, 0.1) is 0 Å². The molecule has 96 valence electrons. The van der Waals surface area contributed by atoms with Crippen molar-refractivity contribution in [3.8, 4) is 0 Å². The second-order valence-electron chi connectivity index (χ2n) is 6.13. The molecule has 1 saturated carbocycles. The Morgan fingerprint density at radius 1 is 1.31 bits per heavy atom. The number of halogens is 1. The molecule has 1 heteroatoms. The second-order valence-corrected chi connectivity index (χ2v) is 6.65. The topological polar surface area (TPSA) is 0 Å². The van der Waals surface area contributed by atoms with Crippen molar-refractivity contribution in [3.63, 3.8) is 0 Å². The van der Waals surface area contributed by atoms with Crippen LogP contribution in [0.1, 0.15) is 72.6 Å². The highest BCUT2D eigenvalue weighted by Gasteiger charge is 2.42. The lowest BCUT2D eigenvalue weighted by Crippen LogP contribution is -2.40. The fourth-order valence-corrected chi connectivity index (χ4v) is 3.93. The third-order valence-electron chi connectivity index (χ3n) is 4.69. The van der Waals surface area contributed by atoms with Gasteiger partial charge in [-0.1, -0.05) is 53.4 Å². The molecule has 0 saturated heterocycles. The summed E-state index contributed by atoms with van der Waals surface area (Å²) in [5.41, 5.74) is 0.403. The fraction of sp³-hybridized carbons (Fsp3) is 1.00. The summed E-state index contributed by atoms with van der Waals surface area (Å²) < 4.78 is 0. The van der Waals surface area contributed by atoms with Crippen LogP contribution < -0.4 is 0 Å². The molecule has 1 aliphatic rings. The third kappa shape index (κ3) is 3.15. The van der Waals surface area contributed by atoms with Gasteiger partial charge in [-0.3, -0.25) is 0 Å². The molecule has 4 unspecified atom stereocenters. The Morgan fingerprint density at radius 3 is 2.56 bits per heavy atom. The molecule has 0 spiro atoms. The zero-order valence-corrected chi connectivity index (χ0v) is 12.3. The van der Waals surface area contributed by atoms with Crippen molar-refractivity contribution >= 4 is 11.6 Å². The van der Waals surface area contributed by atoms with Crippen LogP contribution in [-0.4, -0.2) is 5.38 Å². The van der Waals surface area contributed by atoms with Crippen molar-refractivity contribution in [1.82, 2.24) is 0 Å². The van der Waals surface area contributed by atoms with E-state index in [2.05, 4.69) is 27.7 Å². The first-order valence-electron chi connectivity index (χ1n) is 7.18. The van der Waals surface area contributed by atoms with E-state index < -0.39 is 0 Å². The fourth-order valence-electron chi connectivity index (χ4n) is 3.43. The summed E-state index contributed by atoms with van der Waals surface area (Å²) in [6, 6.07) is 0. The summed E-state index contributed by atoms with van der Waals surface area (Å²) in [5, 5.41) is 0.390. The van der Waals surface area contributed by atoms with E-state index in [9.17, 15) is 0 Å². The zero-order chi connectivity index (χ0) is 12.2. The van der Waals surface area contributed by atoms with Gasteiger partial charge in [-0.2, -0.15) is 0 Å². The Kier molecular flexibility index (Phi) is 5.64. The maximum Gasteiger partial charge on any atom is 0.0392 e. The molecule has 0 aromatic carbocycles. The lowest BCUT2D eigenvalue weighted by molar-refractivity contribution is 0.0704. The second kappa shape index (κ2) is 6.28. The van der Waals surface area contributed by atoms with Crippen molar-refractivity contribution in [2.45, 2.75) is 78.0 Å². The van der Waals surface area contributed by atoms with E-state index in [1.54, 1.807) is 0 Å². The minimum absolute atomic E-state index is 0.390. The summed E-state index contributed by atoms with van der Waals surface area (Å²) in [6.45, 7) is 9.42. The summed E-state index contributed by atoms with van der Waals surface area (Å²) in [7, 11) is 0. The van der Waals surface area contributed by atoms with Gasteiger partial charge in [-0.05, 0) is 36.5 Å². The molecule has 0 aromatic heterocycles. The third-order valence-corrected chi connectivity index (χ3v) is 5.41. The van der Waals surface area contributed by atoms with E-state index in [-0.39, 0.29) is 0 Å². The van der Waals surface area contributed by atoms with Gasteiger partial charge in [-0.25, -0.2) is 0 Å². The minimum atomic E-state index is 0.390. The van der Waals surface area contributed by atoms with Crippen LogP contribution >= 0.6 is 11.6 Å².